The number of aromatic nitrogens is 3. The first-order valence-corrected chi connectivity index (χ1v) is 10.7. The van der Waals surface area contributed by atoms with Crippen molar-refractivity contribution in [1.82, 2.24) is 20.3 Å². The van der Waals surface area contributed by atoms with Gasteiger partial charge in [-0.1, -0.05) is 13.0 Å². The molecule has 0 bridgehead atoms. The zero-order chi connectivity index (χ0) is 20.3. The van der Waals surface area contributed by atoms with Crippen molar-refractivity contribution < 1.29 is 4.79 Å². The lowest BCUT2D eigenvalue weighted by Gasteiger charge is -2.33. The number of hydrogen-bond acceptors (Lipinski definition) is 6. The summed E-state index contributed by atoms with van der Waals surface area (Å²) >= 11 is 0. The van der Waals surface area contributed by atoms with Gasteiger partial charge in [-0.2, -0.15) is 0 Å². The molecular weight excluding hydrogens is 364 g/mol. The number of carbonyl (C=O) groups excluding carboxylic acids is 1. The smallest absolute Gasteiger partial charge is 0.220 e. The third-order valence-corrected chi connectivity index (χ3v) is 5.26. The van der Waals surface area contributed by atoms with E-state index in [1.807, 2.05) is 24.3 Å². The van der Waals surface area contributed by atoms with Crippen molar-refractivity contribution in [2.45, 2.75) is 45.4 Å². The molecule has 1 amide bonds. The molecule has 1 unspecified atom stereocenters. The number of piperidine rings is 1. The van der Waals surface area contributed by atoms with E-state index in [0.717, 1.165) is 62.6 Å². The zero-order valence-corrected chi connectivity index (χ0v) is 17.3. The first-order chi connectivity index (χ1) is 14.2. The van der Waals surface area contributed by atoms with Gasteiger partial charge in [0.15, 0.2) is 0 Å². The summed E-state index contributed by atoms with van der Waals surface area (Å²) < 4.78 is 0. The summed E-state index contributed by atoms with van der Waals surface area (Å²) in [5.74, 6) is 2.51. The van der Waals surface area contributed by atoms with E-state index in [1.165, 1.54) is 6.42 Å². The highest BCUT2D eigenvalue weighted by Crippen LogP contribution is 2.25. The maximum absolute atomic E-state index is 12.2. The molecule has 2 N–H and O–H groups in total. The fourth-order valence-electron chi connectivity index (χ4n) is 3.68. The van der Waals surface area contributed by atoms with Crippen LogP contribution in [0.15, 0.2) is 36.8 Å². The van der Waals surface area contributed by atoms with Gasteiger partial charge in [0.05, 0.1) is 0 Å². The van der Waals surface area contributed by atoms with Gasteiger partial charge in [0.1, 0.15) is 18.0 Å². The van der Waals surface area contributed by atoms with Gasteiger partial charge in [-0.05, 0) is 43.7 Å². The molecule has 1 atom stereocenters. The Hall–Kier alpha value is -2.70. The van der Waals surface area contributed by atoms with Crippen LogP contribution in [0.3, 0.4) is 0 Å². The number of carbonyl (C=O) groups is 1. The Balaban J connectivity index is 1.41. The number of nitrogens with one attached hydrogen (secondary N) is 2. The van der Waals surface area contributed by atoms with Crippen molar-refractivity contribution in [3.05, 3.63) is 42.5 Å². The van der Waals surface area contributed by atoms with Crippen molar-refractivity contribution in [2.75, 3.05) is 36.4 Å². The van der Waals surface area contributed by atoms with Crippen molar-refractivity contribution in [2.24, 2.45) is 5.92 Å². The van der Waals surface area contributed by atoms with E-state index in [-0.39, 0.29) is 5.91 Å². The first kappa shape index (κ1) is 21.0. The number of rotatable bonds is 10. The lowest BCUT2D eigenvalue weighted by molar-refractivity contribution is -0.121. The van der Waals surface area contributed by atoms with Gasteiger partial charge in [0.25, 0.3) is 0 Å². The second-order valence-electron chi connectivity index (χ2n) is 7.60. The topological polar surface area (TPSA) is 83.0 Å². The van der Waals surface area contributed by atoms with E-state index in [9.17, 15) is 4.79 Å². The molecule has 7 nitrogen and oxygen atoms in total. The van der Waals surface area contributed by atoms with E-state index >= 15 is 0 Å². The lowest BCUT2D eigenvalue weighted by Crippen LogP contribution is -2.36. The predicted octanol–water partition coefficient (Wildman–Crippen LogP) is 3.05. The highest BCUT2D eigenvalue weighted by molar-refractivity contribution is 5.75. The maximum Gasteiger partial charge on any atom is 0.220 e. The molecule has 0 aliphatic carbocycles. The van der Waals surface area contributed by atoms with E-state index < -0.39 is 0 Å². The summed E-state index contributed by atoms with van der Waals surface area (Å²) in [7, 11) is 0. The number of pyridine rings is 1. The molecule has 0 aromatic carbocycles. The molecule has 7 heteroatoms. The molecule has 1 aliphatic rings. The summed E-state index contributed by atoms with van der Waals surface area (Å²) in [5, 5.41) is 6.34. The van der Waals surface area contributed by atoms with Gasteiger partial charge in [0, 0.05) is 57.0 Å². The standard InChI is InChI=1S/C22H32N6O/c1-2-11-24-20-15-21(27-17-26-20)28-14-5-6-18(16-28)8-9-22(29)25-13-10-19-7-3-4-12-23-19/h3-4,7,12,15,17-18H,2,5-6,8-11,13-14,16H2,1H3,(H,25,29)(H,24,26,27). The first-order valence-electron chi connectivity index (χ1n) is 10.7. The Bertz CT molecular complexity index is 754. The minimum absolute atomic E-state index is 0.131. The molecule has 0 radical (unpaired) electrons. The number of amides is 1. The van der Waals surface area contributed by atoms with Gasteiger partial charge in [-0.3, -0.25) is 9.78 Å². The fraction of sp³-hybridized carbons (Fsp3) is 0.545. The number of hydrogen-bond donors (Lipinski definition) is 2. The van der Waals surface area contributed by atoms with E-state index in [4.69, 9.17) is 0 Å². The minimum Gasteiger partial charge on any atom is -0.370 e. The summed E-state index contributed by atoms with van der Waals surface area (Å²) in [6, 6.07) is 7.89. The highest BCUT2D eigenvalue weighted by Gasteiger charge is 2.22. The molecule has 0 spiro atoms. The fourth-order valence-corrected chi connectivity index (χ4v) is 3.68. The van der Waals surface area contributed by atoms with Gasteiger partial charge >= 0.3 is 0 Å². The van der Waals surface area contributed by atoms with Crippen molar-refractivity contribution >= 4 is 17.5 Å². The molecule has 3 heterocycles. The van der Waals surface area contributed by atoms with Gasteiger partial charge in [0.2, 0.25) is 5.91 Å². The second-order valence-corrected chi connectivity index (χ2v) is 7.60. The molecule has 1 fully saturated rings. The number of anilines is 2. The zero-order valence-electron chi connectivity index (χ0n) is 17.3. The van der Waals surface area contributed by atoms with E-state index in [1.54, 1.807) is 12.5 Å². The third-order valence-electron chi connectivity index (χ3n) is 5.26. The molecular formula is C22H32N6O. The van der Waals surface area contributed by atoms with Crippen LogP contribution in [0.4, 0.5) is 11.6 Å². The van der Waals surface area contributed by atoms with Crippen molar-refractivity contribution in [1.29, 1.82) is 0 Å². The normalized spacial score (nSPS) is 16.4. The Morgan fingerprint density at radius 2 is 2.17 bits per heavy atom. The quantitative estimate of drug-likeness (QED) is 0.642. The van der Waals surface area contributed by atoms with Crippen LogP contribution in [0.2, 0.25) is 0 Å². The Kier molecular flexibility index (Phi) is 8.22. The van der Waals surface area contributed by atoms with E-state index in [2.05, 4.69) is 37.4 Å². The largest absolute Gasteiger partial charge is 0.370 e. The van der Waals surface area contributed by atoms with Crippen LogP contribution in [0.1, 0.15) is 44.7 Å². The van der Waals surface area contributed by atoms with E-state index in [0.29, 0.717) is 18.9 Å². The molecule has 2 aromatic heterocycles. The van der Waals surface area contributed by atoms with Crippen LogP contribution < -0.4 is 15.5 Å². The number of nitrogens with zero attached hydrogens (tertiary/aromatic N) is 4. The average molecular weight is 397 g/mol. The Morgan fingerprint density at radius 1 is 1.24 bits per heavy atom. The monoisotopic (exact) mass is 396 g/mol. The van der Waals surface area contributed by atoms with Gasteiger partial charge in [-0.15, -0.1) is 0 Å². The van der Waals surface area contributed by atoms with Crippen LogP contribution >= 0.6 is 0 Å². The van der Waals surface area contributed by atoms with Crippen LogP contribution in [-0.2, 0) is 11.2 Å². The minimum atomic E-state index is 0.131. The molecule has 2 aromatic rings. The molecule has 3 rings (SSSR count). The molecule has 29 heavy (non-hydrogen) atoms. The lowest BCUT2D eigenvalue weighted by atomic mass is 9.93. The van der Waals surface area contributed by atoms with Crippen LogP contribution in [0.25, 0.3) is 0 Å². The summed E-state index contributed by atoms with van der Waals surface area (Å²) in [6.45, 7) is 5.65. The molecule has 1 aliphatic heterocycles. The highest BCUT2D eigenvalue weighted by atomic mass is 16.1. The van der Waals surface area contributed by atoms with Crippen LogP contribution in [-0.4, -0.2) is 47.0 Å². The summed E-state index contributed by atoms with van der Waals surface area (Å²) in [6.07, 6.45) is 9.04. The SMILES string of the molecule is CCCNc1cc(N2CCCC(CCC(=O)NCCc3ccccn3)C2)ncn1. The molecule has 0 saturated carbocycles. The van der Waals surface area contributed by atoms with Crippen LogP contribution in [0, 0.1) is 5.92 Å². The maximum atomic E-state index is 12.2. The molecule has 156 valence electrons. The Morgan fingerprint density at radius 3 is 3.00 bits per heavy atom. The second kappa shape index (κ2) is 11.3. The average Bonchev–Trinajstić information content (AvgIpc) is 2.77. The van der Waals surface area contributed by atoms with Crippen molar-refractivity contribution in [3.63, 3.8) is 0 Å². The van der Waals surface area contributed by atoms with Gasteiger partial charge < -0.3 is 15.5 Å². The van der Waals surface area contributed by atoms with Crippen LogP contribution in [0.5, 0.6) is 0 Å². The summed E-state index contributed by atoms with van der Waals surface area (Å²) in [4.78, 5) is 27.6. The van der Waals surface area contributed by atoms with Crippen molar-refractivity contribution in [3.8, 4) is 0 Å². The summed E-state index contributed by atoms with van der Waals surface area (Å²) in [5.41, 5.74) is 1.01. The van der Waals surface area contributed by atoms with Gasteiger partial charge in [-0.25, -0.2) is 9.97 Å². The Labute approximate surface area is 173 Å². The molecule has 1 saturated heterocycles. The predicted molar refractivity (Wildman–Crippen MR) is 116 cm³/mol. The third kappa shape index (κ3) is 7.00.